The summed E-state index contributed by atoms with van der Waals surface area (Å²) in [6, 6.07) is 26.2. The lowest BCUT2D eigenvalue weighted by Crippen LogP contribution is -2.06. The lowest BCUT2D eigenvalue weighted by atomic mass is 10.1. The van der Waals surface area contributed by atoms with Crippen LogP contribution in [0.4, 0.5) is 5.82 Å². The van der Waals surface area contributed by atoms with Crippen LogP contribution in [0, 0.1) is 0 Å². The second kappa shape index (κ2) is 7.54. The number of hydrogen-bond acceptors (Lipinski definition) is 3. The molecule has 26 heavy (non-hydrogen) atoms. The predicted octanol–water partition coefficient (Wildman–Crippen LogP) is 5.49. The van der Waals surface area contributed by atoms with E-state index in [1.165, 1.54) is 5.56 Å². The molecule has 0 unspecified atom stereocenters. The molecule has 1 N–H and O–H groups in total. The topological polar surface area (TPSA) is 37.8 Å². The van der Waals surface area contributed by atoms with Crippen LogP contribution in [0.5, 0.6) is 0 Å². The Morgan fingerprint density at radius 1 is 0.769 bits per heavy atom. The van der Waals surface area contributed by atoms with Crippen LogP contribution in [0.2, 0.25) is 5.02 Å². The van der Waals surface area contributed by atoms with Crippen LogP contribution in [0.3, 0.4) is 0 Å². The van der Waals surface area contributed by atoms with Crippen molar-refractivity contribution in [1.82, 2.24) is 9.97 Å². The van der Waals surface area contributed by atoms with Crippen molar-refractivity contribution < 1.29 is 0 Å². The summed E-state index contributed by atoms with van der Waals surface area (Å²) < 4.78 is 0. The molecular formula is C22H18ClN3. The monoisotopic (exact) mass is 359 g/mol. The van der Waals surface area contributed by atoms with Gasteiger partial charge in [0.25, 0.3) is 0 Å². The van der Waals surface area contributed by atoms with E-state index < -0.39 is 0 Å². The van der Waals surface area contributed by atoms with E-state index in [0.29, 0.717) is 13.0 Å². The maximum absolute atomic E-state index is 6.30. The number of hydrogen-bond donors (Lipinski definition) is 1. The van der Waals surface area contributed by atoms with Gasteiger partial charge in [-0.25, -0.2) is 9.97 Å². The fourth-order valence-electron chi connectivity index (χ4n) is 2.93. The number of anilines is 1. The van der Waals surface area contributed by atoms with Crippen LogP contribution in [-0.4, -0.2) is 9.97 Å². The molecule has 0 bridgehead atoms. The minimum absolute atomic E-state index is 0.602. The Hall–Kier alpha value is -2.91. The normalized spacial score (nSPS) is 10.8. The number of halogens is 1. The van der Waals surface area contributed by atoms with Gasteiger partial charge in [0.05, 0.1) is 5.52 Å². The summed E-state index contributed by atoms with van der Waals surface area (Å²) in [5.41, 5.74) is 3.17. The van der Waals surface area contributed by atoms with Crippen molar-refractivity contribution >= 4 is 28.3 Å². The maximum Gasteiger partial charge on any atom is 0.137 e. The van der Waals surface area contributed by atoms with Crippen LogP contribution in [0.1, 0.15) is 17.0 Å². The Kier molecular flexibility index (Phi) is 4.80. The summed E-state index contributed by atoms with van der Waals surface area (Å²) in [5, 5.41) is 5.22. The van der Waals surface area contributed by atoms with E-state index in [9.17, 15) is 0 Å². The SMILES string of the molecule is Clc1ccccc1Cc1nc(NCc2ccccc2)c2ccccc2n1. The molecule has 1 heterocycles. The average Bonchev–Trinajstić information content (AvgIpc) is 2.69. The van der Waals surface area contributed by atoms with Crippen LogP contribution >= 0.6 is 11.6 Å². The largest absolute Gasteiger partial charge is 0.365 e. The molecule has 3 aromatic carbocycles. The van der Waals surface area contributed by atoms with Gasteiger partial charge >= 0.3 is 0 Å². The number of nitrogens with zero attached hydrogens (tertiary/aromatic N) is 2. The van der Waals surface area contributed by atoms with Gasteiger partial charge in [-0.2, -0.15) is 0 Å². The van der Waals surface area contributed by atoms with Gasteiger partial charge in [-0.15, -0.1) is 0 Å². The Morgan fingerprint density at radius 2 is 1.50 bits per heavy atom. The van der Waals surface area contributed by atoms with Gasteiger partial charge in [-0.3, -0.25) is 0 Å². The highest BCUT2D eigenvalue weighted by Gasteiger charge is 2.09. The molecule has 4 aromatic rings. The third-order valence-electron chi connectivity index (χ3n) is 4.26. The fourth-order valence-corrected chi connectivity index (χ4v) is 3.13. The van der Waals surface area contributed by atoms with Crippen molar-refractivity contribution in [3.05, 3.63) is 101 Å². The molecule has 128 valence electrons. The third kappa shape index (κ3) is 3.68. The molecule has 0 radical (unpaired) electrons. The Labute approximate surface area is 157 Å². The van der Waals surface area contributed by atoms with Gasteiger partial charge in [-0.1, -0.05) is 72.3 Å². The Morgan fingerprint density at radius 3 is 2.35 bits per heavy atom. The highest BCUT2D eigenvalue weighted by molar-refractivity contribution is 6.31. The zero-order valence-corrected chi connectivity index (χ0v) is 14.9. The molecule has 0 saturated carbocycles. The Balaban J connectivity index is 1.68. The standard InChI is InChI=1S/C22H18ClN3/c23-19-12-6-4-10-17(19)14-21-25-20-13-7-5-11-18(20)22(26-21)24-15-16-8-2-1-3-9-16/h1-13H,14-15H2,(H,24,25,26). The molecule has 0 spiro atoms. The average molecular weight is 360 g/mol. The molecule has 1 aromatic heterocycles. The minimum atomic E-state index is 0.602. The van der Waals surface area contributed by atoms with Gasteiger partial charge in [-0.05, 0) is 29.3 Å². The summed E-state index contributed by atoms with van der Waals surface area (Å²) in [6.07, 6.45) is 0.602. The summed E-state index contributed by atoms with van der Waals surface area (Å²) >= 11 is 6.30. The zero-order chi connectivity index (χ0) is 17.8. The van der Waals surface area contributed by atoms with Gasteiger partial charge in [0.2, 0.25) is 0 Å². The summed E-state index contributed by atoms with van der Waals surface area (Å²) in [6.45, 7) is 0.716. The first-order valence-electron chi connectivity index (χ1n) is 8.56. The summed E-state index contributed by atoms with van der Waals surface area (Å²) in [5.74, 6) is 1.61. The molecule has 0 fully saturated rings. The molecule has 4 rings (SSSR count). The molecule has 3 nitrogen and oxygen atoms in total. The van der Waals surface area contributed by atoms with Crippen LogP contribution in [0.15, 0.2) is 78.9 Å². The zero-order valence-electron chi connectivity index (χ0n) is 14.2. The molecule has 0 atom stereocenters. The van der Waals surface area contributed by atoms with Gasteiger partial charge in [0, 0.05) is 23.4 Å². The van der Waals surface area contributed by atoms with Crippen LogP contribution in [-0.2, 0) is 13.0 Å². The van der Waals surface area contributed by atoms with E-state index in [1.807, 2.05) is 66.7 Å². The van der Waals surface area contributed by atoms with E-state index in [1.54, 1.807) is 0 Å². The van der Waals surface area contributed by atoms with E-state index in [4.69, 9.17) is 21.6 Å². The summed E-state index contributed by atoms with van der Waals surface area (Å²) in [7, 11) is 0. The first-order valence-corrected chi connectivity index (χ1v) is 8.94. The van der Waals surface area contributed by atoms with Crippen molar-refractivity contribution in [2.75, 3.05) is 5.32 Å². The van der Waals surface area contributed by atoms with Gasteiger partial charge < -0.3 is 5.32 Å². The molecule has 0 amide bonds. The van der Waals surface area contributed by atoms with Gasteiger partial charge in [0.1, 0.15) is 11.6 Å². The molecule has 0 aliphatic carbocycles. The molecule has 0 saturated heterocycles. The predicted molar refractivity (Wildman–Crippen MR) is 108 cm³/mol. The lowest BCUT2D eigenvalue weighted by Gasteiger charge is -2.11. The lowest BCUT2D eigenvalue weighted by molar-refractivity contribution is 0.981. The number of nitrogens with one attached hydrogen (secondary N) is 1. The molecular weight excluding hydrogens is 342 g/mol. The number of rotatable bonds is 5. The molecule has 0 aliphatic rings. The first kappa shape index (κ1) is 16.6. The van der Waals surface area contributed by atoms with E-state index in [2.05, 4.69) is 17.4 Å². The number of aromatic nitrogens is 2. The highest BCUT2D eigenvalue weighted by Crippen LogP contribution is 2.23. The van der Waals surface area contributed by atoms with Gasteiger partial charge in [0.15, 0.2) is 0 Å². The van der Waals surface area contributed by atoms with Crippen molar-refractivity contribution in [2.24, 2.45) is 0 Å². The number of para-hydroxylation sites is 1. The minimum Gasteiger partial charge on any atom is -0.365 e. The quantitative estimate of drug-likeness (QED) is 0.512. The highest BCUT2D eigenvalue weighted by atomic mass is 35.5. The van der Waals surface area contributed by atoms with E-state index >= 15 is 0 Å². The molecule has 4 heteroatoms. The van der Waals surface area contributed by atoms with Crippen molar-refractivity contribution in [2.45, 2.75) is 13.0 Å². The van der Waals surface area contributed by atoms with E-state index in [0.717, 1.165) is 33.1 Å². The fraction of sp³-hybridized carbons (Fsp3) is 0.0909. The van der Waals surface area contributed by atoms with E-state index in [-0.39, 0.29) is 0 Å². The van der Waals surface area contributed by atoms with Crippen molar-refractivity contribution in [3.8, 4) is 0 Å². The van der Waals surface area contributed by atoms with Crippen molar-refractivity contribution in [3.63, 3.8) is 0 Å². The second-order valence-corrected chi connectivity index (χ2v) is 6.52. The van der Waals surface area contributed by atoms with Crippen molar-refractivity contribution in [1.29, 1.82) is 0 Å². The van der Waals surface area contributed by atoms with Crippen LogP contribution < -0.4 is 5.32 Å². The Bertz CT molecular complexity index is 1030. The smallest absolute Gasteiger partial charge is 0.137 e. The molecule has 0 aliphatic heterocycles. The second-order valence-electron chi connectivity index (χ2n) is 6.11. The maximum atomic E-state index is 6.30. The van der Waals surface area contributed by atoms with Crippen LogP contribution in [0.25, 0.3) is 10.9 Å². The number of fused-ring (bicyclic) bond motifs is 1. The first-order chi connectivity index (χ1) is 12.8. The number of benzene rings is 3. The third-order valence-corrected chi connectivity index (χ3v) is 4.63. The summed E-state index contributed by atoms with van der Waals surface area (Å²) in [4.78, 5) is 9.49.